The minimum atomic E-state index is 0.648. The number of rotatable bonds is 3. The average Bonchev–Trinajstić information content (AvgIpc) is 2.42. The van der Waals surface area contributed by atoms with Crippen LogP contribution in [0.25, 0.3) is 0 Å². The molecular formula is C14H13NOS. The molecule has 1 N–H and O–H groups in total. The number of nitrogens with zero attached hydrogens (tertiary/aromatic N) is 1. The number of oxime groups is 1. The fourth-order valence-corrected chi connectivity index (χ4v) is 2.33. The van der Waals surface area contributed by atoms with Crippen LogP contribution in [-0.2, 0) is 5.75 Å². The lowest BCUT2D eigenvalue weighted by Gasteiger charge is -2.04. The van der Waals surface area contributed by atoms with Gasteiger partial charge in [0.1, 0.15) is 5.04 Å². The summed E-state index contributed by atoms with van der Waals surface area (Å²) in [5.74, 6) is 0.801. The molecular weight excluding hydrogens is 230 g/mol. The van der Waals surface area contributed by atoms with Gasteiger partial charge in [0.15, 0.2) is 0 Å². The van der Waals surface area contributed by atoms with E-state index in [2.05, 4.69) is 17.3 Å². The maximum Gasteiger partial charge on any atom is 0.143 e. The molecule has 0 aliphatic carbocycles. The first-order valence-corrected chi connectivity index (χ1v) is 6.33. The van der Waals surface area contributed by atoms with Crippen molar-refractivity contribution in [3.05, 3.63) is 71.8 Å². The average molecular weight is 243 g/mol. The van der Waals surface area contributed by atoms with Crippen molar-refractivity contribution in [2.24, 2.45) is 5.16 Å². The van der Waals surface area contributed by atoms with E-state index in [0.29, 0.717) is 5.04 Å². The molecule has 2 rings (SSSR count). The molecule has 2 aromatic rings. The molecule has 3 heteroatoms. The predicted octanol–water partition coefficient (Wildman–Crippen LogP) is 3.76. The number of benzene rings is 2. The topological polar surface area (TPSA) is 32.6 Å². The molecule has 0 atom stereocenters. The van der Waals surface area contributed by atoms with E-state index in [-0.39, 0.29) is 0 Å². The normalized spacial score (nSPS) is 11.4. The van der Waals surface area contributed by atoms with Gasteiger partial charge in [-0.3, -0.25) is 0 Å². The van der Waals surface area contributed by atoms with Gasteiger partial charge in [-0.05, 0) is 5.56 Å². The van der Waals surface area contributed by atoms with Gasteiger partial charge < -0.3 is 5.21 Å². The van der Waals surface area contributed by atoms with E-state index in [1.807, 2.05) is 48.5 Å². The van der Waals surface area contributed by atoms with E-state index in [0.717, 1.165) is 11.3 Å². The first-order chi connectivity index (χ1) is 8.40. The highest BCUT2D eigenvalue weighted by Gasteiger charge is 2.04. The summed E-state index contributed by atoms with van der Waals surface area (Å²) in [6.45, 7) is 0. The Morgan fingerprint density at radius 1 is 0.941 bits per heavy atom. The second kappa shape index (κ2) is 6.11. The molecule has 0 aliphatic heterocycles. The minimum absolute atomic E-state index is 0.648. The predicted molar refractivity (Wildman–Crippen MR) is 72.5 cm³/mol. The SMILES string of the molecule is O/N=C(\SCc1ccccc1)c1ccccc1. The molecule has 2 aromatic carbocycles. The van der Waals surface area contributed by atoms with Crippen molar-refractivity contribution in [3.8, 4) is 0 Å². The molecule has 0 saturated heterocycles. The third-order valence-electron chi connectivity index (χ3n) is 2.33. The Hall–Kier alpha value is -1.74. The van der Waals surface area contributed by atoms with Gasteiger partial charge in [-0.15, -0.1) is 0 Å². The standard InChI is InChI=1S/C14H13NOS/c16-15-14(13-9-5-2-6-10-13)17-11-12-7-3-1-4-8-12/h1-10,16H,11H2/b15-14-. The molecule has 2 nitrogen and oxygen atoms in total. The van der Waals surface area contributed by atoms with Gasteiger partial charge in [-0.1, -0.05) is 77.6 Å². The van der Waals surface area contributed by atoms with Crippen molar-refractivity contribution >= 4 is 16.8 Å². The molecule has 0 heterocycles. The van der Waals surface area contributed by atoms with E-state index in [1.54, 1.807) is 0 Å². The molecule has 0 fully saturated rings. The molecule has 0 unspecified atom stereocenters. The van der Waals surface area contributed by atoms with E-state index in [1.165, 1.54) is 17.3 Å². The van der Waals surface area contributed by atoms with Crippen LogP contribution in [0.5, 0.6) is 0 Å². The van der Waals surface area contributed by atoms with Crippen LogP contribution < -0.4 is 0 Å². The largest absolute Gasteiger partial charge is 0.410 e. The summed E-state index contributed by atoms with van der Waals surface area (Å²) in [5, 5.41) is 13.0. The van der Waals surface area contributed by atoms with E-state index >= 15 is 0 Å². The van der Waals surface area contributed by atoms with Gasteiger partial charge >= 0.3 is 0 Å². The first kappa shape index (κ1) is 11.7. The van der Waals surface area contributed by atoms with Crippen LogP contribution in [-0.4, -0.2) is 10.3 Å². The smallest absolute Gasteiger partial charge is 0.143 e. The summed E-state index contributed by atoms with van der Waals surface area (Å²) in [7, 11) is 0. The highest BCUT2D eigenvalue weighted by atomic mass is 32.2. The highest BCUT2D eigenvalue weighted by molar-refractivity contribution is 8.13. The maximum absolute atomic E-state index is 9.02. The minimum Gasteiger partial charge on any atom is -0.410 e. The summed E-state index contributed by atoms with van der Waals surface area (Å²) in [6.07, 6.45) is 0. The molecule has 0 amide bonds. The van der Waals surface area contributed by atoms with Crippen LogP contribution in [0.1, 0.15) is 11.1 Å². The van der Waals surface area contributed by atoms with Crippen LogP contribution >= 0.6 is 11.8 Å². The number of hydrogen-bond acceptors (Lipinski definition) is 3. The fraction of sp³-hybridized carbons (Fsp3) is 0.0714. The molecule has 17 heavy (non-hydrogen) atoms. The van der Waals surface area contributed by atoms with Crippen LogP contribution in [0.2, 0.25) is 0 Å². The summed E-state index contributed by atoms with van der Waals surface area (Å²) in [4.78, 5) is 0. The third-order valence-corrected chi connectivity index (χ3v) is 3.40. The number of hydrogen-bond donors (Lipinski definition) is 1. The van der Waals surface area contributed by atoms with Gasteiger partial charge in [0.05, 0.1) is 0 Å². The Morgan fingerprint density at radius 3 is 2.12 bits per heavy atom. The van der Waals surface area contributed by atoms with Crippen molar-refractivity contribution in [2.75, 3.05) is 0 Å². The Morgan fingerprint density at radius 2 is 1.53 bits per heavy atom. The zero-order chi connectivity index (χ0) is 11.9. The Labute approximate surface area is 105 Å². The van der Waals surface area contributed by atoms with Gasteiger partial charge in [0, 0.05) is 11.3 Å². The van der Waals surface area contributed by atoms with Crippen molar-refractivity contribution in [2.45, 2.75) is 5.75 Å². The maximum atomic E-state index is 9.02. The lowest BCUT2D eigenvalue weighted by Crippen LogP contribution is -1.96. The summed E-state index contributed by atoms with van der Waals surface area (Å²) >= 11 is 1.53. The van der Waals surface area contributed by atoms with Crippen LogP contribution in [0.3, 0.4) is 0 Å². The fourth-order valence-electron chi connectivity index (χ4n) is 1.48. The lowest BCUT2D eigenvalue weighted by molar-refractivity contribution is 0.321. The van der Waals surface area contributed by atoms with E-state index in [9.17, 15) is 0 Å². The van der Waals surface area contributed by atoms with Gasteiger partial charge in [-0.2, -0.15) is 0 Å². The summed E-state index contributed by atoms with van der Waals surface area (Å²) in [5.41, 5.74) is 2.16. The van der Waals surface area contributed by atoms with Crippen molar-refractivity contribution in [1.82, 2.24) is 0 Å². The second-order valence-corrected chi connectivity index (χ2v) is 4.51. The Balaban J connectivity index is 2.03. The molecule has 86 valence electrons. The van der Waals surface area contributed by atoms with Crippen molar-refractivity contribution in [1.29, 1.82) is 0 Å². The van der Waals surface area contributed by atoms with Gasteiger partial charge in [0.2, 0.25) is 0 Å². The van der Waals surface area contributed by atoms with E-state index in [4.69, 9.17) is 5.21 Å². The van der Waals surface area contributed by atoms with Crippen molar-refractivity contribution in [3.63, 3.8) is 0 Å². The summed E-state index contributed by atoms with van der Waals surface area (Å²) in [6, 6.07) is 19.8. The molecule has 0 spiro atoms. The van der Waals surface area contributed by atoms with E-state index < -0.39 is 0 Å². The van der Waals surface area contributed by atoms with Crippen LogP contribution in [0.15, 0.2) is 65.8 Å². The molecule has 0 radical (unpaired) electrons. The lowest BCUT2D eigenvalue weighted by atomic mass is 10.2. The monoisotopic (exact) mass is 243 g/mol. The second-order valence-electron chi connectivity index (χ2n) is 3.55. The van der Waals surface area contributed by atoms with Gasteiger partial charge in [-0.25, -0.2) is 0 Å². The Bertz CT molecular complexity index is 482. The van der Waals surface area contributed by atoms with Crippen LogP contribution in [0, 0.1) is 0 Å². The molecule has 0 aromatic heterocycles. The molecule has 0 aliphatic rings. The zero-order valence-corrected chi connectivity index (χ0v) is 10.1. The number of thioether (sulfide) groups is 1. The third kappa shape index (κ3) is 3.36. The summed E-state index contributed by atoms with van der Waals surface area (Å²) < 4.78 is 0. The quantitative estimate of drug-likeness (QED) is 0.385. The molecule has 0 bridgehead atoms. The zero-order valence-electron chi connectivity index (χ0n) is 9.28. The van der Waals surface area contributed by atoms with Crippen molar-refractivity contribution < 1.29 is 5.21 Å². The first-order valence-electron chi connectivity index (χ1n) is 5.34. The highest BCUT2D eigenvalue weighted by Crippen LogP contribution is 2.18. The van der Waals surface area contributed by atoms with Crippen LogP contribution in [0.4, 0.5) is 0 Å². The van der Waals surface area contributed by atoms with Gasteiger partial charge in [0.25, 0.3) is 0 Å². The Kier molecular flexibility index (Phi) is 4.22. The molecule has 0 saturated carbocycles.